The van der Waals surface area contributed by atoms with Crippen LogP contribution in [0.2, 0.25) is 0 Å². The molecule has 1 aromatic heterocycles. The van der Waals surface area contributed by atoms with Crippen molar-refractivity contribution in [2.45, 2.75) is 0 Å². The summed E-state index contributed by atoms with van der Waals surface area (Å²) < 4.78 is 18.8. The van der Waals surface area contributed by atoms with E-state index >= 15 is 0 Å². The summed E-state index contributed by atoms with van der Waals surface area (Å²) in [6.45, 7) is 0. The third-order valence-corrected chi connectivity index (χ3v) is 2.37. The summed E-state index contributed by atoms with van der Waals surface area (Å²) in [5.41, 5.74) is 4.90. The van der Waals surface area contributed by atoms with Crippen molar-refractivity contribution in [3.63, 3.8) is 0 Å². The molecule has 1 heterocycles. The van der Waals surface area contributed by atoms with Crippen LogP contribution in [-0.4, -0.2) is 15.7 Å². The number of nitrogens with one attached hydrogen (secondary N) is 1. The van der Waals surface area contributed by atoms with E-state index in [1.807, 2.05) is 0 Å². The van der Waals surface area contributed by atoms with Crippen LogP contribution in [0.3, 0.4) is 0 Å². The zero-order chi connectivity index (χ0) is 14.7. The summed E-state index contributed by atoms with van der Waals surface area (Å²) in [6, 6.07) is 6.07. The molecule has 0 aliphatic heterocycles. The van der Waals surface area contributed by atoms with Gasteiger partial charge in [0.25, 0.3) is 0 Å². The van der Waals surface area contributed by atoms with Crippen molar-refractivity contribution in [1.29, 1.82) is 5.41 Å². The molecule has 0 saturated carbocycles. The highest BCUT2D eigenvalue weighted by molar-refractivity contribution is 5.93. The summed E-state index contributed by atoms with van der Waals surface area (Å²) in [6.07, 6.45) is 1.30. The molecule has 20 heavy (non-hydrogen) atoms. The average molecular weight is 276 g/mol. The highest BCUT2D eigenvalue weighted by atomic mass is 19.1. The molecule has 8 heteroatoms. The van der Waals surface area contributed by atoms with Gasteiger partial charge in [-0.3, -0.25) is 20.5 Å². The highest BCUT2D eigenvalue weighted by Crippen LogP contribution is 2.33. The second-order valence-corrected chi connectivity index (χ2v) is 3.74. The first-order valence-corrected chi connectivity index (χ1v) is 5.40. The van der Waals surface area contributed by atoms with Gasteiger partial charge in [0, 0.05) is 18.3 Å². The molecule has 0 unspecified atom stereocenters. The average Bonchev–Trinajstić information content (AvgIpc) is 2.41. The van der Waals surface area contributed by atoms with Crippen LogP contribution in [0, 0.1) is 21.3 Å². The third-order valence-electron chi connectivity index (χ3n) is 2.37. The lowest BCUT2D eigenvalue weighted by atomic mass is 10.2. The van der Waals surface area contributed by atoms with Crippen molar-refractivity contribution in [1.82, 2.24) is 4.98 Å². The van der Waals surface area contributed by atoms with Gasteiger partial charge in [-0.1, -0.05) is 6.07 Å². The topological polar surface area (TPSA) is 115 Å². The number of benzene rings is 1. The summed E-state index contributed by atoms with van der Waals surface area (Å²) >= 11 is 0. The summed E-state index contributed by atoms with van der Waals surface area (Å²) in [4.78, 5) is 13.9. The molecule has 0 fully saturated rings. The van der Waals surface area contributed by atoms with E-state index in [1.54, 1.807) is 0 Å². The fraction of sp³-hybridized carbons (Fsp3) is 0. The molecule has 0 amide bonds. The Labute approximate surface area is 112 Å². The Morgan fingerprint density at radius 2 is 2.20 bits per heavy atom. The van der Waals surface area contributed by atoms with Gasteiger partial charge < -0.3 is 10.5 Å². The Kier molecular flexibility index (Phi) is 3.56. The summed E-state index contributed by atoms with van der Waals surface area (Å²) in [5.74, 6) is -1.56. The molecule has 3 N–H and O–H groups in total. The number of nitrogen functional groups attached to an aromatic ring is 1. The predicted octanol–water partition coefficient (Wildman–Crippen LogP) is 2.21. The lowest BCUT2D eigenvalue weighted by molar-refractivity contribution is -0.385. The number of nitrogens with zero attached hydrogens (tertiary/aromatic N) is 2. The van der Waals surface area contributed by atoms with Crippen LogP contribution >= 0.6 is 0 Å². The minimum atomic E-state index is -0.861. The van der Waals surface area contributed by atoms with E-state index < -0.39 is 22.2 Å². The van der Waals surface area contributed by atoms with Gasteiger partial charge in [-0.15, -0.1) is 0 Å². The smallest absolute Gasteiger partial charge is 0.314 e. The van der Waals surface area contributed by atoms with Gasteiger partial charge in [0.2, 0.25) is 5.75 Å². The van der Waals surface area contributed by atoms with Gasteiger partial charge >= 0.3 is 5.69 Å². The van der Waals surface area contributed by atoms with Crippen LogP contribution in [0.5, 0.6) is 11.5 Å². The minimum Gasteiger partial charge on any atom is -0.447 e. The molecule has 102 valence electrons. The predicted molar refractivity (Wildman–Crippen MR) is 68.4 cm³/mol. The van der Waals surface area contributed by atoms with Gasteiger partial charge in [-0.05, 0) is 12.1 Å². The zero-order valence-corrected chi connectivity index (χ0v) is 10.0. The van der Waals surface area contributed by atoms with E-state index in [0.29, 0.717) is 0 Å². The normalized spacial score (nSPS) is 10.1. The first-order valence-electron chi connectivity index (χ1n) is 5.40. The number of para-hydroxylation sites is 1. The number of rotatable bonds is 4. The SMILES string of the molecule is N=C(N)c1cc(Oc2c(F)cccc2[N+](=O)[O-])ccn1. The quantitative estimate of drug-likeness (QED) is 0.384. The largest absolute Gasteiger partial charge is 0.447 e. The first kappa shape index (κ1) is 13.4. The molecule has 1 aromatic carbocycles. The van der Waals surface area contributed by atoms with Crippen molar-refractivity contribution < 1.29 is 14.1 Å². The maximum absolute atomic E-state index is 13.6. The molecule has 0 radical (unpaired) electrons. The number of nitrogens with two attached hydrogens (primary N) is 1. The lowest BCUT2D eigenvalue weighted by Gasteiger charge is -2.07. The number of amidine groups is 1. The molecule has 0 saturated heterocycles. The van der Waals surface area contributed by atoms with E-state index in [9.17, 15) is 14.5 Å². The van der Waals surface area contributed by atoms with Crippen molar-refractivity contribution >= 4 is 11.5 Å². The number of pyridine rings is 1. The van der Waals surface area contributed by atoms with Crippen molar-refractivity contribution in [2.24, 2.45) is 5.73 Å². The number of hydrogen-bond acceptors (Lipinski definition) is 5. The lowest BCUT2D eigenvalue weighted by Crippen LogP contribution is -2.12. The van der Waals surface area contributed by atoms with Crippen LogP contribution in [0.15, 0.2) is 36.5 Å². The maximum Gasteiger partial charge on any atom is 0.314 e. The fourth-order valence-electron chi connectivity index (χ4n) is 1.48. The van der Waals surface area contributed by atoms with Crippen molar-refractivity contribution in [2.75, 3.05) is 0 Å². The van der Waals surface area contributed by atoms with Crippen LogP contribution < -0.4 is 10.5 Å². The Hall–Kier alpha value is -3.03. The molecule has 2 aromatic rings. The van der Waals surface area contributed by atoms with Gasteiger partial charge in [0.05, 0.1) is 4.92 Å². The first-order chi connectivity index (χ1) is 9.49. The standard InChI is InChI=1S/C12H9FN4O3/c13-8-2-1-3-10(17(18)19)11(8)20-7-4-5-16-9(6-7)12(14)15/h1-6H,(H3,14,15). The monoisotopic (exact) mass is 276 g/mol. The molecule has 0 aliphatic carbocycles. The molecule has 2 rings (SSSR count). The van der Waals surface area contributed by atoms with E-state index in [2.05, 4.69) is 4.98 Å². The van der Waals surface area contributed by atoms with Gasteiger partial charge in [0.15, 0.2) is 5.82 Å². The van der Waals surface area contributed by atoms with Gasteiger partial charge in [-0.2, -0.15) is 0 Å². The molecule has 0 bridgehead atoms. The molecular weight excluding hydrogens is 267 g/mol. The molecule has 0 spiro atoms. The number of halogens is 1. The van der Waals surface area contributed by atoms with E-state index in [1.165, 1.54) is 24.4 Å². The number of hydrogen-bond donors (Lipinski definition) is 2. The van der Waals surface area contributed by atoms with E-state index in [4.69, 9.17) is 15.9 Å². The minimum absolute atomic E-state index is 0.0957. The van der Waals surface area contributed by atoms with E-state index in [-0.39, 0.29) is 17.3 Å². The number of ether oxygens (including phenoxy) is 1. The van der Waals surface area contributed by atoms with E-state index in [0.717, 1.165) is 12.1 Å². The van der Waals surface area contributed by atoms with Crippen LogP contribution in [0.1, 0.15) is 5.69 Å². The fourth-order valence-corrected chi connectivity index (χ4v) is 1.48. The summed E-state index contributed by atoms with van der Waals surface area (Å²) in [7, 11) is 0. The molecule has 0 atom stereocenters. The maximum atomic E-state index is 13.6. The summed E-state index contributed by atoms with van der Waals surface area (Å²) in [5, 5.41) is 18.1. The van der Waals surface area contributed by atoms with Crippen LogP contribution in [-0.2, 0) is 0 Å². The second-order valence-electron chi connectivity index (χ2n) is 3.74. The molecule has 7 nitrogen and oxygen atoms in total. The number of nitro groups is 1. The Bertz CT molecular complexity index is 690. The third kappa shape index (κ3) is 2.69. The Morgan fingerprint density at radius 3 is 2.85 bits per heavy atom. The second kappa shape index (κ2) is 5.31. The van der Waals surface area contributed by atoms with Crippen LogP contribution in [0.4, 0.5) is 10.1 Å². The van der Waals surface area contributed by atoms with Crippen LogP contribution in [0.25, 0.3) is 0 Å². The molecular formula is C12H9FN4O3. The Balaban J connectivity index is 2.42. The van der Waals surface area contributed by atoms with Gasteiger partial charge in [0.1, 0.15) is 17.3 Å². The zero-order valence-electron chi connectivity index (χ0n) is 10.0. The van der Waals surface area contributed by atoms with Gasteiger partial charge in [-0.25, -0.2) is 4.39 Å². The highest BCUT2D eigenvalue weighted by Gasteiger charge is 2.20. The Morgan fingerprint density at radius 1 is 1.45 bits per heavy atom. The molecule has 0 aliphatic rings. The van der Waals surface area contributed by atoms with Crippen molar-refractivity contribution in [3.8, 4) is 11.5 Å². The van der Waals surface area contributed by atoms with Crippen molar-refractivity contribution in [3.05, 3.63) is 58.2 Å². The number of aromatic nitrogens is 1. The number of nitro benzene ring substituents is 1.